The zero-order valence-corrected chi connectivity index (χ0v) is 11.6. The first-order valence-electron chi connectivity index (χ1n) is 7.20. The standard InChI is InChI=1S/C15H21N3O/c1-8(2)12-13(9-6-7-9)17-11-5-3-4-10(11)14(12)18-15(16)19/h8-9H,3-7H2,1-2H3,(H3,16,17,18,19). The molecule has 0 bridgehead atoms. The molecule has 1 aromatic heterocycles. The van der Waals surface area contributed by atoms with Gasteiger partial charge < -0.3 is 11.1 Å². The molecule has 3 rings (SSSR count). The van der Waals surface area contributed by atoms with Crippen LogP contribution in [0.3, 0.4) is 0 Å². The van der Waals surface area contributed by atoms with Crippen LogP contribution in [0.4, 0.5) is 10.5 Å². The molecule has 1 aromatic rings. The molecule has 1 heterocycles. The lowest BCUT2D eigenvalue weighted by Crippen LogP contribution is -2.22. The Morgan fingerprint density at radius 1 is 1.37 bits per heavy atom. The summed E-state index contributed by atoms with van der Waals surface area (Å²) in [5, 5.41) is 2.88. The molecule has 0 aliphatic heterocycles. The number of fused-ring (bicyclic) bond motifs is 1. The third-order valence-electron chi connectivity index (χ3n) is 4.08. The van der Waals surface area contributed by atoms with Gasteiger partial charge in [-0.15, -0.1) is 0 Å². The van der Waals surface area contributed by atoms with Gasteiger partial charge in [0.05, 0.1) is 5.69 Å². The van der Waals surface area contributed by atoms with Gasteiger partial charge in [0.15, 0.2) is 0 Å². The number of rotatable bonds is 3. The van der Waals surface area contributed by atoms with Gasteiger partial charge in [-0.05, 0) is 43.6 Å². The highest BCUT2D eigenvalue weighted by atomic mass is 16.2. The van der Waals surface area contributed by atoms with Crippen LogP contribution in [0.1, 0.15) is 67.5 Å². The van der Waals surface area contributed by atoms with Crippen molar-refractivity contribution in [2.75, 3.05) is 5.32 Å². The summed E-state index contributed by atoms with van der Waals surface area (Å²) in [5.41, 5.74) is 11.1. The predicted molar refractivity (Wildman–Crippen MR) is 75.5 cm³/mol. The van der Waals surface area contributed by atoms with Crippen LogP contribution in [-0.4, -0.2) is 11.0 Å². The van der Waals surface area contributed by atoms with Crippen LogP contribution in [0.15, 0.2) is 0 Å². The van der Waals surface area contributed by atoms with Gasteiger partial charge in [0.25, 0.3) is 0 Å². The summed E-state index contributed by atoms with van der Waals surface area (Å²) in [6.07, 6.45) is 5.61. The molecule has 0 radical (unpaired) electrons. The van der Waals surface area contributed by atoms with Gasteiger partial charge >= 0.3 is 6.03 Å². The number of nitrogens with zero attached hydrogens (tertiary/aromatic N) is 1. The van der Waals surface area contributed by atoms with Crippen LogP contribution in [0, 0.1) is 0 Å². The molecule has 1 saturated carbocycles. The van der Waals surface area contributed by atoms with Crippen molar-refractivity contribution in [1.29, 1.82) is 0 Å². The molecule has 0 saturated heterocycles. The number of hydrogen-bond acceptors (Lipinski definition) is 2. The van der Waals surface area contributed by atoms with Crippen molar-refractivity contribution in [1.82, 2.24) is 4.98 Å². The molecule has 0 spiro atoms. The first-order chi connectivity index (χ1) is 9.08. The van der Waals surface area contributed by atoms with Crippen LogP contribution in [0.2, 0.25) is 0 Å². The second kappa shape index (κ2) is 4.51. The fourth-order valence-electron chi connectivity index (χ4n) is 3.14. The number of pyridine rings is 1. The van der Waals surface area contributed by atoms with E-state index in [1.807, 2.05) is 0 Å². The summed E-state index contributed by atoms with van der Waals surface area (Å²) in [6.45, 7) is 4.33. The summed E-state index contributed by atoms with van der Waals surface area (Å²) >= 11 is 0. The van der Waals surface area contributed by atoms with E-state index in [1.165, 1.54) is 35.4 Å². The van der Waals surface area contributed by atoms with Crippen LogP contribution in [0.25, 0.3) is 0 Å². The Morgan fingerprint density at radius 2 is 2.11 bits per heavy atom. The number of amides is 2. The number of primary amides is 1. The second-order valence-electron chi connectivity index (χ2n) is 5.98. The quantitative estimate of drug-likeness (QED) is 0.876. The number of carbonyl (C=O) groups excluding carboxylic acids is 1. The molecule has 102 valence electrons. The molecule has 4 nitrogen and oxygen atoms in total. The lowest BCUT2D eigenvalue weighted by Gasteiger charge is -2.20. The van der Waals surface area contributed by atoms with Crippen molar-refractivity contribution >= 4 is 11.7 Å². The number of hydrogen-bond donors (Lipinski definition) is 2. The molecule has 0 atom stereocenters. The second-order valence-corrected chi connectivity index (χ2v) is 5.98. The van der Waals surface area contributed by atoms with E-state index in [4.69, 9.17) is 10.7 Å². The first-order valence-corrected chi connectivity index (χ1v) is 7.20. The highest BCUT2D eigenvalue weighted by Gasteiger charge is 2.33. The summed E-state index contributed by atoms with van der Waals surface area (Å²) in [5.74, 6) is 0.951. The summed E-state index contributed by atoms with van der Waals surface area (Å²) in [6, 6.07) is -0.469. The highest BCUT2D eigenvalue weighted by Crippen LogP contribution is 2.46. The number of carbonyl (C=O) groups is 1. The fraction of sp³-hybridized carbons (Fsp3) is 0.600. The van der Waals surface area contributed by atoms with Crippen LogP contribution in [-0.2, 0) is 12.8 Å². The van der Waals surface area contributed by atoms with Gasteiger partial charge in [0, 0.05) is 22.9 Å². The van der Waals surface area contributed by atoms with E-state index in [-0.39, 0.29) is 0 Å². The van der Waals surface area contributed by atoms with Crippen molar-refractivity contribution < 1.29 is 4.79 Å². The number of nitrogens with two attached hydrogens (primary N) is 1. The summed E-state index contributed by atoms with van der Waals surface area (Å²) in [7, 11) is 0. The Balaban J connectivity index is 2.18. The van der Waals surface area contributed by atoms with Crippen molar-refractivity contribution in [3.63, 3.8) is 0 Å². The summed E-state index contributed by atoms with van der Waals surface area (Å²) in [4.78, 5) is 16.2. The molecule has 4 heteroatoms. The lowest BCUT2D eigenvalue weighted by atomic mass is 9.93. The Morgan fingerprint density at radius 3 is 2.68 bits per heavy atom. The minimum Gasteiger partial charge on any atom is -0.351 e. The molecule has 2 aliphatic rings. The average molecular weight is 259 g/mol. The maximum absolute atomic E-state index is 11.3. The van der Waals surface area contributed by atoms with Gasteiger partial charge in [-0.25, -0.2) is 4.79 Å². The molecular weight excluding hydrogens is 238 g/mol. The fourth-order valence-corrected chi connectivity index (χ4v) is 3.14. The first kappa shape index (κ1) is 12.5. The van der Waals surface area contributed by atoms with Gasteiger partial charge in [-0.2, -0.15) is 0 Å². The summed E-state index contributed by atoms with van der Waals surface area (Å²) < 4.78 is 0. The Kier molecular flexibility index (Phi) is 2.96. The predicted octanol–water partition coefficient (Wildman–Crippen LogP) is 3.06. The molecule has 3 N–H and O–H groups in total. The van der Waals surface area contributed by atoms with Gasteiger partial charge in [0.2, 0.25) is 0 Å². The SMILES string of the molecule is CC(C)c1c(C2CC2)nc2c(c1NC(N)=O)CCC2. The van der Waals surface area contributed by atoms with E-state index >= 15 is 0 Å². The van der Waals surface area contributed by atoms with E-state index in [9.17, 15) is 4.79 Å². The van der Waals surface area contributed by atoms with Gasteiger partial charge in [-0.3, -0.25) is 4.98 Å². The molecule has 19 heavy (non-hydrogen) atoms. The maximum Gasteiger partial charge on any atom is 0.316 e. The average Bonchev–Trinajstić information content (AvgIpc) is 3.06. The molecule has 1 fully saturated rings. The van der Waals surface area contributed by atoms with E-state index in [2.05, 4.69) is 19.2 Å². The van der Waals surface area contributed by atoms with Crippen molar-refractivity contribution in [2.24, 2.45) is 5.73 Å². The maximum atomic E-state index is 11.3. The molecule has 2 aliphatic carbocycles. The van der Waals surface area contributed by atoms with Gasteiger partial charge in [-0.1, -0.05) is 13.8 Å². The lowest BCUT2D eigenvalue weighted by molar-refractivity contribution is 0.259. The molecular formula is C15H21N3O. The Bertz CT molecular complexity index is 533. The number of urea groups is 1. The third-order valence-corrected chi connectivity index (χ3v) is 4.08. The number of anilines is 1. The number of nitrogens with one attached hydrogen (secondary N) is 1. The molecule has 0 aromatic carbocycles. The molecule has 2 amide bonds. The van der Waals surface area contributed by atoms with E-state index < -0.39 is 6.03 Å². The molecule has 0 unspecified atom stereocenters. The smallest absolute Gasteiger partial charge is 0.316 e. The monoisotopic (exact) mass is 259 g/mol. The zero-order valence-electron chi connectivity index (χ0n) is 11.6. The minimum absolute atomic E-state index is 0.357. The number of aryl methyl sites for hydroxylation is 1. The van der Waals surface area contributed by atoms with E-state index in [0.717, 1.165) is 24.9 Å². The normalized spacial score (nSPS) is 17.6. The van der Waals surface area contributed by atoms with E-state index in [1.54, 1.807) is 0 Å². The van der Waals surface area contributed by atoms with Crippen LogP contribution >= 0.6 is 0 Å². The highest BCUT2D eigenvalue weighted by molar-refractivity contribution is 5.90. The Labute approximate surface area is 113 Å². The van der Waals surface area contributed by atoms with Gasteiger partial charge in [0.1, 0.15) is 0 Å². The van der Waals surface area contributed by atoms with Crippen molar-refractivity contribution in [2.45, 2.75) is 57.8 Å². The third kappa shape index (κ3) is 2.20. The minimum atomic E-state index is -0.469. The van der Waals surface area contributed by atoms with Crippen molar-refractivity contribution in [3.8, 4) is 0 Å². The van der Waals surface area contributed by atoms with Crippen LogP contribution in [0.5, 0.6) is 0 Å². The van der Waals surface area contributed by atoms with Crippen LogP contribution < -0.4 is 11.1 Å². The topological polar surface area (TPSA) is 68.0 Å². The largest absolute Gasteiger partial charge is 0.351 e. The zero-order chi connectivity index (χ0) is 13.6. The van der Waals surface area contributed by atoms with Crippen molar-refractivity contribution in [3.05, 3.63) is 22.5 Å². The number of aromatic nitrogens is 1. The Hall–Kier alpha value is -1.58. The van der Waals surface area contributed by atoms with E-state index in [0.29, 0.717) is 11.8 Å².